The molecule has 2 aliphatic rings. The minimum atomic E-state index is -0.430. The summed E-state index contributed by atoms with van der Waals surface area (Å²) in [5.41, 5.74) is 3.06. The number of carbonyl (C=O) groups excluding carboxylic acids is 1. The van der Waals surface area contributed by atoms with Crippen LogP contribution in [0, 0.1) is 5.41 Å². The number of piperidine rings is 1. The van der Waals surface area contributed by atoms with Crippen LogP contribution in [0.1, 0.15) is 55.5 Å². The summed E-state index contributed by atoms with van der Waals surface area (Å²) in [7, 11) is 0. The SMILES string of the molecule is CC(C)n1nccc1[C@@H]1CN(Cc2cccnc2)C[C@]12CCCN(Cc1ccncc1)C2=O. The average Bonchev–Trinajstić information content (AvgIpc) is 3.44. The van der Waals surface area contributed by atoms with Crippen LogP contribution in [-0.2, 0) is 17.9 Å². The molecule has 2 fully saturated rings. The molecule has 0 unspecified atom stereocenters. The maximum Gasteiger partial charge on any atom is 0.231 e. The summed E-state index contributed by atoms with van der Waals surface area (Å²) in [6.07, 6.45) is 11.1. The Morgan fingerprint density at radius 2 is 1.88 bits per heavy atom. The molecular formula is C26H32N6O. The standard InChI is InChI=1S/C26H32N6O/c1-20(2)32-24(8-13-29-32)23-18-30(16-22-5-3-10-28-15-22)19-26(23)9-4-14-31(25(26)33)17-21-6-11-27-12-7-21/h3,5-8,10-13,15,20,23H,4,9,14,16-19H2,1-2H3/t23-,26+/m0/s1. The first-order valence-electron chi connectivity index (χ1n) is 11.9. The van der Waals surface area contributed by atoms with Crippen molar-refractivity contribution < 1.29 is 4.79 Å². The molecule has 0 saturated carbocycles. The van der Waals surface area contributed by atoms with Crippen molar-refractivity contribution in [2.24, 2.45) is 5.41 Å². The highest BCUT2D eigenvalue weighted by atomic mass is 16.2. The highest BCUT2D eigenvalue weighted by molar-refractivity contribution is 5.85. The molecule has 2 aliphatic heterocycles. The molecule has 0 aromatic carbocycles. The van der Waals surface area contributed by atoms with Crippen molar-refractivity contribution in [3.8, 4) is 0 Å². The van der Waals surface area contributed by atoms with E-state index < -0.39 is 5.41 Å². The lowest BCUT2D eigenvalue weighted by Crippen LogP contribution is -2.52. The molecule has 5 heterocycles. The van der Waals surface area contributed by atoms with Crippen LogP contribution in [0.25, 0.3) is 0 Å². The monoisotopic (exact) mass is 444 g/mol. The Balaban J connectivity index is 1.48. The van der Waals surface area contributed by atoms with Gasteiger partial charge in [0, 0.05) is 81.4 Å². The summed E-state index contributed by atoms with van der Waals surface area (Å²) in [6, 6.07) is 10.5. The molecule has 7 nitrogen and oxygen atoms in total. The molecule has 33 heavy (non-hydrogen) atoms. The van der Waals surface area contributed by atoms with Gasteiger partial charge in [-0.1, -0.05) is 6.07 Å². The van der Waals surface area contributed by atoms with Gasteiger partial charge in [0.1, 0.15) is 0 Å². The first-order valence-corrected chi connectivity index (χ1v) is 11.9. The predicted octanol–water partition coefficient (Wildman–Crippen LogP) is 3.66. The Kier molecular flexibility index (Phi) is 5.98. The Morgan fingerprint density at radius 3 is 2.64 bits per heavy atom. The number of likely N-dealkylation sites (tertiary alicyclic amines) is 2. The molecule has 7 heteroatoms. The molecule has 2 saturated heterocycles. The van der Waals surface area contributed by atoms with Crippen LogP contribution in [0.15, 0.2) is 61.3 Å². The Hall–Kier alpha value is -3.06. The lowest BCUT2D eigenvalue weighted by Gasteiger charge is -2.43. The summed E-state index contributed by atoms with van der Waals surface area (Å²) in [5, 5.41) is 4.62. The molecular weight excluding hydrogens is 412 g/mol. The average molecular weight is 445 g/mol. The molecule has 0 N–H and O–H groups in total. The van der Waals surface area contributed by atoms with Crippen LogP contribution in [0.2, 0.25) is 0 Å². The first kappa shape index (κ1) is 21.8. The van der Waals surface area contributed by atoms with Crippen LogP contribution >= 0.6 is 0 Å². The van der Waals surface area contributed by atoms with E-state index in [-0.39, 0.29) is 17.9 Å². The third kappa shape index (κ3) is 4.17. The molecule has 1 spiro atoms. The minimum absolute atomic E-state index is 0.117. The molecule has 3 aromatic heterocycles. The van der Waals surface area contributed by atoms with Gasteiger partial charge in [0.15, 0.2) is 0 Å². The largest absolute Gasteiger partial charge is 0.338 e. The van der Waals surface area contributed by atoms with E-state index in [1.54, 1.807) is 18.6 Å². The smallest absolute Gasteiger partial charge is 0.231 e. The molecule has 0 bridgehead atoms. The Labute approximate surface area is 195 Å². The van der Waals surface area contributed by atoms with Crippen molar-refractivity contribution in [1.29, 1.82) is 0 Å². The number of pyridine rings is 2. The summed E-state index contributed by atoms with van der Waals surface area (Å²) in [6.45, 7) is 8.18. The number of carbonyl (C=O) groups is 1. The zero-order valence-corrected chi connectivity index (χ0v) is 19.5. The number of rotatable bonds is 6. The second-order valence-electron chi connectivity index (χ2n) is 9.72. The zero-order valence-electron chi connectivity index (χ0n) is 19.5. The topological polar surface area (TPSA) is 67.2 Å². The van der Waals surface area contributed by atoms with Gasteiger partial charge < -0.3 is 4.90 Å². The molecule has 0 radical (unpaired) electrons. The lowest BCUT2D eigenvalue weighted by atomic mass is 9.70. The highest BCUT2D eigenvalue weighted by Gasteiger charge is 2.56. The van der Waals surface area contributed by atoms with E-state index in [1.165, 1.54) is 11.3 Å². The van der Waals surface area contributed by atoms with Gasteiger partial charge in [-0.05, 0) is 62.1 Å². The van der Waals surface area contributed by atoms with Gasteiger partial charge in [0.2, 0.25) is 5.91 Å². The number of aromatic nitrogens is 4. The van der Waals surface area contributed by atoms with Crippen molar-refractivity contribution in [2.75, 3.05) is 19.6 Å². The van der Waals surface area contributed by atoms with Gasteiger partial charge in [-0.15, -0.1) is 0 Å². The maximum absolute atomic E-state index is 14.2. The second-order valence-corrected chi connectivity index (χ2v) is 9.72. The van der Waals surface area contributed by atoms with E-state index in [2.05, 4.69) is 55.5 Å². The van der Waals surface area contributed by atoms with Crippen molar-refractivity contribution in [3.05, 3.63) is 78.1 Å². The van der Waals surface area contributed by atoms with E-state index in [1.807, 2.05) is 30.6 Å². The van der Waals surface area contributed by atoms with E-state index in [0.29, 0.717) is 6.54 Å². The van der Waals surface area contributed by atoms with Gasteiger partial charge in [0.05, 0.1) is 5.41 Å². The molecule has 0 aliphatic carbocycles. The van der Waals surface area contributed by atoms with Crippen molar-refractivity contribution in [3.63, 3.8) is 0 Å². The van der Waals surface area contributed by atoms with Crippen molar-refractivity contribution in [2.45, 2.75) is 51.7 Å². The second kappa shape index (κ2) is 9.06. The van der Waals surface area contributed by atoms with E-state index in [9.17, 15) is 4.79 Å². The van der Waals surface area contributed by atoms with Crippen molar-refractivity contribution >= 4 is 5.91 Å². The van der Waals surface area contributed by atoms with E-state index >= 15 is 0 Å². The van der Waals surface area contributed by atoms with Gasteiger partial charge in [-0.2, -0.15) is 5.10 Å². The summed E-state index contributed by atoms with van der Waals surface area (Å²) >= 11 is 0. The van der Waals surface area contributed by atoms with Gasteiger partial charge in [-0.25, -0.2) is 0 Å². The number of hydrogen-bond acceptors (Lipinski definition) is 5. The van der Waals surface area contributed by atoms with Gasteiger partial charge in [-0.3, -0.25) is 24.3 Å². The van der Waals surface area contributed by atoms with E-state index in [4.69, 9.17) is 0 Å². The quantitative estimate of drug-likeness (QED) is 0.580. The summed E-state index contributed by atoms with van der Waals surface area (Å²) in [5.74, 6) is 0.396. The normalized spacial score (nSPS) is 23.7. The fourth-order valence-electron chi connectivity index (χ4n) is 5.72. The molecule has 2 atom stereocenters. The molecule has 1 amide bonds. The number of amides is 1. The predicted molar refractivity (Wildman–Crippen MR) is 126 cm³/mol. The number of nitrogens with zero attached hydrogens (tertiary/aromatic N) is 6. The first-order chi connectivity index (χ1) is 16.1. The van der Waals surface area contributed by atoms with Crippen LogP contribution in [0.5, 0.6) is 0 Å². The maximum atomic E-state index is 14.2. The molecule has 172 valence electrons. The third-order valence-electron chi connectivity index (χ3n) is 7.18. The van der Waals surface area contributed by atoms with Gasteiger partial charge in [0.25, 0.3) is 0 Å². The molecule has 3 aromatic rings. The fourth-order valence-corrected chi connectivity index (χ4v) is 5.72. The fraction of sp³-hybridized carbons (Fsp3) is 0.462. The Morgan fingerprint density at radius 1 is 1.03 bits per heavy atom. The third-order valence-corrected chi connectivity index (χ3v) is 7.18. The summed E-state index contributed by atoms with van der Waals surface area (Å²) < 4.78 is 2.11. The van der Waals surface area contributed by atoms with Crippen LogP contribution < -0.4 is 0 Å². The van der Waals surface area contributed by atoms with Crippen LogP contribution in [0.4, 0.5) is 0 Å². The Bertz CT molecular complexity index is 1080. The van der Waals surface area contributed by atoms with Gasteiger partial charge >= 0.3 is 0 Å². The zero-order chi connectivity index (χ0) is 22.8. The minimum Gasteiger partial charge on any atom is -0.338 e. The van der Waals surface area contributed by atoms with Crippen LogP contribution in [-0.4, -0.2) is 55.1 Å². The van der Waals surface area contributed by atoms with E-state index in [0.717, 1.165) is 44.6 Å². The van der Waals surface area contributed by atoms with Crippen LogP contribution in [0.3, 0.4) is 0 Å². The summed E-state index contributed by atoms with van der Waals surface area (Å²) in [4.78, 5) is 27.1. The number of hydrogen-bond donors (Lipinski definition) is 0. The molecule has 5 rings (SSSR count). The highest BCUT2D eigenvalue weighted by Crippen LogP contribution is 2.50. The lowest BCUT2D eigenvalue weighted by molar-refractivity contribution is -0.147. The van der Waals surface area contributed by atoms with Crippen molar-refractivity contribution in [1.82, 2.24) is 29.5 Å².